The Labute approximate surface area is 120 Å². The van der Waals surface area contributed by atoms with E-state index in [1.165, 1.54) is 0 Å². The molecule has 2 aromatic heterocycles. The molecule has 0 unspecified atom stereocenters. The van der Waals surface area contributed by atoms with Crippen LogP contribution >= 0.6 is 0 Å². The standard InChI is InChI=1S/C15H13N3O3/c1-10-8-13(17-21-10)9-18-7-6-16-14(18)11-2-4-12(5-3-11)15(19)20/h2-8H,9H2,1H3,(H,19,20). The molecule has 21 heavy (non-hydrogen) atoms. The van der Waals surface area contributed by atoms with Gasteiger partial charge in [-0.2, -0.15) is 0 Å². The van der Waals surface area contributed by atoms with Crippen molar-refractivity contribution >= 4 is 5.97 Å². The number of carboxylic acid groups (broad SMARTS) is 1. The van der Waals surface area contributed by atoms with E-state index in [-0.39, 0.29) is 5.56 Å². The molecule has 106 valence electrons. The highest BCUT2D eigenvalue weighted by Gasteiger charge is 2.10. The first kappa shape index (κ1) is 13.1. The smallest absolute Gasteiger partial charge is 0.335 e. The summed E-state index contributed by atoms with van der Waals surface area (Å²) in [5.74, 6) is 0.577. The SMILES string of the molecule is Cc1cc(Cn2ccnc2-c2ccc(C(=O)O)cc2)no1. The summed E-state index contributed by atoms with van der Waals surface area (Å²) in [6.45, 7) is 2.39. The lowest BCUT2D eigenvalue weighted by atomic mass is 10.1. The third-order valence-corrected chi connectivity index (χ3v) is 3.11. The summed E-state index contributed by atoms with van der Waals surface area (Å²) in [5.41, 5.74) is 1.92. The van der Waals surface area contributed by atoms with Gasteiger partial charge in [-0.05, 0) is 19.1 Å². The summed E-state index contributed by atoms with van der Waals surface area (Å²) >= 11 is 0. The zero-order valence-corrected chi connectivity index (χ0v) is 11.4. The molecular formula is C15H13N3O3. The topological polar surface area (TPSA) is 81.2 Å². The maximum atomic E-state index is 10.9. The molecule has 0 amide bonds. The third kappa shape index (κ3) is 2.69. The number of hydrogen-bond donors (Lipinski definition) is 1. The summed E-state index contributed by atoms with van der Waals surface area (Å²) in [7, 11) is 0. The number of benzene rings is 1. The van der Waals surface area contributed by atoms with E-state index in [2.05, 4.69) is 10.1 Å². The molecule has 0 aliphatic rings. The Kier molecular flexibility index (Phi) is 3.27. The van der Waals surface area contributed by atoms with Crippen molar-refractivity contribution in [3.8, 4) is 11.4 Å². The van der Waals surface area contributed by atoms with Crippen LogP contribution in [0, 0.1) is 6.92 Å². The van der Waals surface area contributed by atoms with Crippen LogP contribution in [0.15, 0.2) is 47.2 Å². The molecule has 2 heterocycles. The summed E-state index contributed by atoms with van der Waals surface area (Å²) in [6, 6.07) is 8.50. The first-order valence-electron chi connectivity index (χ1n) is 6.40. The molecular weight excluding hydrogens is 270 g/mol. The lowest BCUT2D eigenvalue weighted by molar-refractivity contribution is 0.0697. The van der Waals surface area contributed by atoms with Crippen molar-refractivity contribution in [1.82, 2.24) is 14.7 Å². The molecule has 1 aromatic carbocycles. The molecule has 0 spiro atoms. The van der Waals surface area contributed by atoms with Crippen LogP contribution in [0.3, 0.4) is 0 Å². The van der Waals surface area contributed by atoms with Crippen LogP contribution in [-0.4, -0.2) is 25.8 Å². The molecule has 0 bridgehead atoms. The fourth-order valence-corrected chi connectivity index (χ4v) is 2.13. The van der Waals surface area contributed by atoms with Gasteiger partial charge < -0.3 is 14.2 Å². The molecule has 0 radical (unpaired) electrons. The van der Waals surface area contributed by atoms with E-state index in [4.69, 9.17) is 9.63 Å². The van der Waals surface area contributed by atoms with Crippen molar-refractivity contribution in [2.75, 3.05) is 0 Å². The van der Waals surface area contributed by atoms with Gasteiger partial charge in [0.25, 0.3) is 0 Å². The summed E-state index contributed by atoms with van der Waals surface area (Å²) in [5, 5.41) is 12.9. The molecule has 0 atom stereocenters. The van der Waals surface area contributed by atoms with Gasteiger partial charge in [-0.3, -0.25) is 0 Å². The molecule has 0 fully saturated rings. The summed E-state index contributed by atoms with van der Waals surface area (Å²) in [6.07, 6.45) is 3.55. The number of rotatable bonds is 4. The fraction of sp³-hybridized carbons (Fsp3) is 0.133. The molecule has 0 aliphatic heterocycles. The van der Waals surface area contributed by atoms with Gasteiger partial charge in [0.05, 0.1) is 12.1 Å². The largest absolute Gasteiger partial charge is 0.478 e. The van der Waals surface area contributed by atoms with Crippen molar-refractivity contribution in [3.63, 3.8) is 0 Å². The Hall–Kier alpha value is -2.89. The van der Waals surface area contributed by atoms with Gasteiger partial charge in [0.15, 0.2) is 0 Å². The fourth-order valence-electron chi connectivity index (χ4n) is 2.13. The Bertz CT molecular complexity index is 772. The van der Waals surface area contributed by atoms with Crippen molar-refractivity contribution < 1.29 is 14.4 Å². The highest BCUT2D eigenvalue weighted by Crippen LogP contribution is 2.19. The Morgan fingerprint density at radius 3 is 2.71 bits per heavy atom. The first-order chi connectivity index (χ1) is 10.1. The molecule has 6 heteroatoms. The van der Waals surface area contributed by atoms with Crippen LogP contribution in [0.25, 0.3) is 11.4 Å². The van der Waals surface area contributed by atoms with Crippen molar-refractivity contribution in [3.05, 3.63) is 59.7 Å². The number of imidazole rings is 1. The number of carbonyl (C=O) groups is 1. The van der Waals surface area contributed by atoms with Crippen LogP contribution in [-0.2, 0) is 6.54 Å². The van der Waals surface area contributed by atoms with Gasteiger partial charge >= 0.3 is 5.97 Å². The maximum Gasteiger partial charge on any atom is 0.335 e. The lowest BCUT2D eigenvalue weighted by Gasteiger charge is -2.06. The number of carboxylic acids is 1. The number of aromatic nitrogens is 3. The second kappa shape index (κ2) is 5.24. The monoisotopic (exact) mass is 283 g/mol. The number of nitrogens with zero attached hydrogens (tertiary/aromatic N) is 3. The summed E-state index contributed by atoms with van der Waals surface area (Å²) < 4.78 is 6.99. The minimum Gasteiger partial charge on any atom is -0.478 e. The lowest BCUT2D eigenvalue weighted by Crippen LogP contribution is -2.02. The van der Waals surface area contributed by atoms with Gasteiger partial charge in [0.2, 0.25) is 0 Å². The molecule has 3 aromatic rings. The van der Waals surface area contributed by atoms with Crippen molar-refractivity contribution in [1.29, 1.82) is 0 Å². The van der Waals surface area contributed by atoms with Gasteiger partial charge in [-0.25, -0.2) is 9.78 Å². The van der Waals surface area contributed by atoms with Crippen LogP contribution < -0.4 is 0 Å². The number of hydrogen-bond acceptors (Lipinski definition) is 4. The Morgan fingerprint density at radius 1 is 1.33 bits per heavy atom. The van der Waals surface area contributed by atoms with Crippen molar-refractivity contribution in [2.45, 2.75) is 13.5 Å². The van der Waals surface area contributed by atoms with E-state index >= 15 is 0 Å². The average molecular weight is 283 g/mol. The zero-order chi connectivity index (χ0) is 14.8. The predicted molar refractivity (Wildman–Crippen MR) is 75.0 cm³/mol. The molecule has 1 N–H and O–H groups in total. The highest BCUT2D eigenvalue weighted by atomic mass is 16.5. The predicted octanol–water partition coefficient (Wildman–Crippen LogP) is 2.59. The molecule has 0 saturated carbocycles. The second-order valence-electron chi connectivity index (χ2n) is 4.69. The molecule has 3 rings (SSSR count). The Morgan fingerprint density at radius 2 is 2.10 bits per heavy atom. The summed E-state index contributed by atoms with van der Waals surface area (Å²) in [4.78, 5) is 15.2. The number of aromatic carboxylic acids is 1. The highest BCUT2D eigenvalue weighted by molar-refractivity contribution is 5.88. The van der Waals surface area contributed by atoms with E-state index in [1.807, 2.05) is 23.8 Å². The minimum absolute atomic E-state index is 0.254. The second-order valence-corrected chi connectivity index (χ2v) is 4.69. The van der Waals surface area contributed by atoms with Crippen molar-refractivity contribution in [2.24, 2.45) is 0 Å². The minimum atomic E-state index is -0.942. The van der Waals surface area contributed by atoms with Gasteiger partial charge in [-0.1, -0.05) is 17.3 Å². The molecule has 6 nitrogen and oxygen atoms in total. The number of aryl methyl sites for hydroxylation is 1. The van der Waals surface area contributed by atoms with Crippen LogP contribution in [0.1, 0.15) is 21.8 Å². The van der Waals surface area contributed by atoms with E-state index in [1.54, 1.807) is 30.5 Å². The van der Waals surface area contributed by atoms with Gasteiger partial charge in [-0.15, -0.1) is 0 Å². The van der Waals surface area contributed by atoms with Gasteiger partial charge in [0.1, 0.15) is 17.3 Å². The maximum absolute atomic E-state index is 10.9. The van der Waals surface area contributed by atoms with E-state index in [0.29, 0.717) is 6.54 Å². The van der Waals surface area contributed by atoms with Crippen LogP contribution in [0.2, 0.25) is 0 Å². The Balaban J connectivity index is 1.89. The van der Waals surface area contributed by atoms with Gasteiger partial charge in [0, 0.05) is 24.0 Å². The molecule has 0 saturated heterocycles. The normalized spacial score (nSPS) is 10.7. The third-order valence-electron chi connectivity index (χ3n) is 3.11. The quantitative estimate of drug-likeness (QED) is 0.796. The van der Waals surface area contributed by atoms with Crippen LogP contribution in [0.5, 0.6) is 0 Å². The van der Waals surface area contributed by atoms with Crippen LogP contribution in [0.4, 0.5) is 0 Å². The van der Waals surface area contributed by atoms with E-state index in [0.717, 1.165) is 22.8 Å². The van der Waals surface area contributed by atoms with E-state index < -0.39 is 5.97 Å². The average Bonchev–Trinajstić information content (AvgIpc) is 3.09. The molecule has 0 aliphatic carbocycles. The van der Waals surface area contributed by atoms with E-state index in [9.17, 15) is 4.79 Å². The zero-order valence-electron chi connectivity index (χ0n) is 11.4. The first-order valence-corrected chi connectivity index (χ1v) is 6.40.